The fourth-order valence-electron chi connectivity index (χ4n) is 2.68. The van der Waals surface area contributed by atoms with Gasteiger partial charge in [-0.05, 0) is 49.5 Å². The number of aromatic nitrogens is 2. The minimum absolute atomic E-state index is 0.194. The van der Waals surface area contributed by atoms with E-state index in [9.17, 15) is 4.79 Å². The molecule has 1 unspecified atom stereocenters. The van der Waals surface area contributed by atoms with Gasteiger partial charge in [-0.3, -0.25) is 9.48 Å². The van der Waals surface area contributed by atoms with Gasteiger partial charge < -0.3 is 4.90 Å². The maximum absolute atomic E-state index is 12.6. The van der Waals surface area contributed by atoms with Gasteiger partial charge >= 0.3 is 0 Å². The topological polar surface area (TPSA) is 38.1 Å². The lowest BCUT2D eigenvalue weighted by Crippen LogP contribution is -2.37. The van der Waals surface area contributed by atoms with Gasteiger partial charge in [0.1, 0.15) is 6.04 Å². The molecule has 0 aliphatic carbocycles. The van der Waals surface area contributed by atoms with Crippen LogP contribution in [0.5, 0.6) is 0 Å². The van der Waals surface area contributed by atoms with Gasteiger partial charge in [0, 0.05) is 13.1 Å². The van der Waals surface area contributed by atoms with Crippen molar-refractivity contribution in [2.75, 3.05) is 13.1 Å². The molecule has 5 heteroatoms. The third-order valence-corrected chi connectivity index (χ3v) is 5.03. The van der Waals surface area contributed by atoms with Gasteiger partial charge in [-0.15, -0.1) is 0 Å². The summed E-state index contributed by atoms with van der Waals surface area (Å²) in [6.45, 7) is 7.68. The maximum atomic E-state index is 12.6. The van der Waals surface area contributed by atoms with Gasteiger partial charge in [0.15, 0.2) is 0 Å². The maximum Gasteiger partial charge on any atom is 0.247 e. The minimum atomic E-state index is -0.219. The molecule has 1 fully saturated rings. The Labute approximate surface area is 123 Å². The number of hydrogen-bond donors (Lipinski definition) is 0. The molecule has 1 saturated heterocycles. The molecular weight excluding hydrogens is 306 g/mol. The molecule has 0 radical (unpaired) electrons. The van der Waals surface area contributed by atoms with Crippen LogP contribution in [-0.4, -0.2) is 33.7 Å². The van der Waals surface area contributed by atoms with Gasteiger partial charge in [-0.2, -0.15) is 5.10 Å². The molecule has 0 aromatic carbocycles. The Morgan fingerprint density at radius 3 is 2.26 bits per heavy atom. The van der Waals surface area contributed by atoms with Crippen molar-refractivity contribution >= 4 is 21.8 Å². The summed E-state index contributed by atoms with van der Waals surface area (Å²) in [5, 5.41) is 4.47. The summed E-state index contributed by atoms with van der Waals surface area (Å²) in [5.74, 6) is 0.194. The molecule has 1 aromatic heterocycles. The molecule has 1 atom stereocenters. The normalized spacial score (nSPS) is 18.2. The van der Waals surface area contributed by atoms with E-state index in [0.717, 1.165) is 41.8 Å². The van der Waals surface area contributed by atoms with Crippen molar-refractivity contribution in [2.24, 2.45) is 0 Å². The molecule has 0 spiro atoms. The van der Waals surface area contributed by atoms with E-state index in [4.69, 9.17) is 0 Å². The van der Waals surface area contributed by atoms with Gasteiger partial charge in [0.25, 0.3) is 0 Å². The average Bonchev–Trinajstić information content (AvgIpc) is 2.66. The van der Waals surface area contributed by atoms with Crippen LogP contribution < -0.4 is 0 Å². The highest BCUT2D eigenvalue weighted by molar-refractivity contribution is 9.10. The standard InChI is InChI=1S/C14H22BrN3O/c1-10-13(15)11(2)18(16-10)12(3)14(19)17-8-6-4-5-7-9-17/h12H,4-9H2,1-3H3. The van der Waals surface area contributed by atoms with Crippen LogP contribution in [0.25, 0.3) is 0 Å². The highest BCUT2D eigenvalue weighted by Gasteiger charge is 2.25. The van der Waals surface area contributed by atoms with E-state index in [0.29, 0.717) is 0 Å². The second-order valence-corrected chi connectivity index (χ2v) is 6.14. The second kappa shape index (κ2) is 6.07. The van der Waals surface area contributed by atoms with Crippen LogP contribution in [0.3, 0.4) is 0 Å². The first-order chi connectivity index (χ1) is 9.02. The van der Waals surface area contributed by atoms with Crippen molar-refractivity contribution in [2.45, 2.75) is 52.5 Å². The van der Waals surface area contributed by atoms with Crippen LogP contribution >= 0.6 is 15.9 Å². The third kappa shape index (κ3) is 3.02. The van der Waals surface area contributed by atoms with Crippen LogP contribution in [-0.2, 0) is 4.79 Å². The number of amides is 1. The monoisotopic (exact) mass is 327 g/mol. The fourth-order valence-corrected chi connectivity index (χ4v) is 2.94. The van der Waals surface area contributed by atoms with E-state index >= 15 is 0 Å². The number of aryl methyl sites for hydroxylation is 1. The summed E-state index contributed by atoms with van der Waals surface area (Å²) < 4.78 is 2.84. The first-order valence-electron chi connectivity index (χ1n) is 7.02. The molecular formula is C14H22BrN3O. The van der Waals surface area contributed by atoms with Crippen LogP contribution in [0.1, 0.15) is 50.0 Å². The summed E-state index contributed by atoms with van der Waals surface area (Å²) in [7, 11) is 0. The molecule has 1 aliphatic rings. The number of hydrogen-bond acceptors (Lipinski definition) is 2. The van der Waals surface area contributed by atoms with Crippen molar-refractivity contribution in [3.05, 3.63) is 15.9 Å². The van der Waals surface area contributed by atoms with E-state index in [2.05, 4.69) is 21.0 Å². The van der Waals surface area contributed by atoms with E-state index in [-0.39, 0.29) is 11.9 Å². The minimum Gasteiger partial charge on any atom is -0.341 e. The molecule has 0 saturated carbocycles. The Morgan fingerprint density at radius 1 is 1.21 bits per heavy atom. The van der Waals surface area contributed by atoms with Crippen LogP contribution in [0.15, 0.2) is 4.47 Å². The van der Waals surface area contributed by atoms with Crippen LogP contribution in [0.4, 0.5) is 0 Å². The largest absolute Gasteiger partial charge is 0.341 e. The zero-order valence-corrected chi connectivity index (χ0v) is 13.5. The lowest BCUT2D eigenvalue weighted by molar-refractivity contribution is -0.134. The molecule has 19 heavy (non-hydrogen) atoms. The van der Waals surface area contributed by atoms with E-state index in [1.165, 1.54) is 12.8 Å². The lowest BCUT2D eigenvalue weighted by atomic mass is 10.2. The molecule has 0 N–H and O–H groups in total. The molecule has 2 rings (SSSR count). The SMILES string of the molecule is Cc1nn(C(C)C(=O)N2CCCCCC2)c(C)c1Br. The summed E-state index contributed by atoms with van der Waals surface area (Å²) >= 11 is 3.52. The Morgan fingerprint density at radius 2 is 1.79 bits per heavy atom. The Hall–Kier alpha value is -0.840. The second-order valence-electron chi connectivity index (χ2n) is 5.34. The van der Waals surface area contributed by atoms with Crippen molar-refractivity contribution in [3.63, 3.8) is 0 Å². The summed E-state index contributed by atoms with van der Waals surface area (Å²) in [5.41, 5.74) is 1.96. The fraction of sp³-hybridized carbons (Fsp3) is 0.714. The third-order valence-electron chi connectivity index (χ3n) is 3.88. The first-order valence-corrected chi connectivity index (χ1v) is 7.81. The van der Waals surface area contributed by atoms with Gasteiger partial charge in [-0.1, -0.05) is 12.8 Å². The number of halogens is 1. The predicted molar refractivity (Wildman–Crippen MR) is 79.2 cm³/mol. The number of rotatable bonds is 2. The van der Waals surface area contributed by atoms with E-state index in [1.807, 2.05) is 30.4 Å². The van der Waals surface area contributed by atoms with E-state index in [1.54, 1.807) is 0 Å². The Kier molecular flexibility index (Phi) is 4.66. The Balaban J connectivity index is 2.15. The number of carbonyl (C=O) groups is 1. The smallest absolute Gasteiger partial charge is 0.247 e. The first kappa shape index (κ1) is 14.6. The van der Waals surface area contributed by atoms with Crippen molar-refractivity contribution < 1.29 is 4.79 Å². The van der Waals surface area contributed by atoms with Gasteiger partial charge in [-0.25, -0.2) is 0 Å². The molecule has 1 amide bonds. The Bertz CT molecular complexity index is 462. The molecule has 106 valence electrons. The average molecular weight is 328 g/mol. The number of likely N-dealkylation sites (tertiary alicyclic amines) is 1. The summed E-state index contributed by atoms with van der Waals surface area (Å²) in [4.78, 5) is 14.6. The zero-order chi connectivity index (χ0) is 14.0. The highest BCUT2D eigenvalue weighted by atomic mass is 79.9. The highest BCUT2D eigenvalue weighted by Crippen LogP contribution is 2.24. The molecule has 4 nitrogen and oxygen atoms in total. The van der Waals surface area contributed by atoms with Gasteiger partial charge in [0.05, 0.1) is 15.9 Å². The summed E-state index contributed by atoms with van der Waals surface area (Å²) in [6.07, 6.45) is 4.73. The van der Waals surface area contributed by atoms with E-state index < -0.39 is 0 Å². The van der Waals surface area contributed by atoms with Crippen LogP contribution in [0.2, 0.25) is 0 Å². The lowest BCUT2D eigenvalue weighted by Gasteiger charge is -2.24. The number of nitrogens with zero attached hydrogens (tertiary/aromatic N) is 3. The molecule has 1 aliphatic heterocycles. The van der Waals surface area contributed by atoms with Crippen LogP contribution in [0, 0.1) is 13.8 Å². The number of carbonyl (C=O) groups excluding carboxylic acids is 1. The molecule has 1 aromatic rings. The van der Waals surface area contributed by atoms with Gasteiger partial charge in [0.2, 0.25) is 5.91 Å². The summed E-state index contributed by atoms with van der Waals surface area (Å²) in [6, 6.07) is -0.219. The quantitative estimate of drug-likeness (QED) is 0.836. The molecule has 0 bridgehead atoms. The van der Waals surface area contributed by atoms with Crippen molar-refractivity contribution in [1.82, 2.24) is 14.7 Å². The van der Waals surface area contributed by atoms with Crippen molar-refractivity contribution in [3.8, 4) is 0 Å². The molecule has 2 heterocycles. The zero-order valence-electron chi connectivity index (χ0n) is 11.9. The predicted octanol–water partition coefficient (Wildman–Crippen LogP) is 3.23. The van der Waals surface area contributed by atoms with Crippen molar-refractivity contribution in [1.29, 1.82) is 0 Å².